The quantitative estimate of drug-likeness (QED) is 0.485. The van der Waals surface area contributed by atoms with Gasteiger partial charge in [0, 0.05) is 24.7 Å². The van der Waals surface area contributed by atoms with Gasteiger partial charge < -0.3 is 4.90 Å². The SMILES string of the molecule is CN(C)C(=O)Sc1ccc(NS(=O)(=O)c2cc(C(F)(F)F)cc(C(F)(F)F)c2)cc1. The molecule has 1 N–H and O–H groups in total. The number of hydrogen-bond acceptors (Lipinski definition) is 4. The van der Waals surface area contributed by atoms with E-state index >= 15 is 0 Å². The largest absolute Gasteiger partial charge is 0.416 e. The van der Waals surface area contributed by atoms with Gasteiger partial charge in [0.1, 0.15) is 0 Å². The first-order valence-corrected chi connectivity index (χ1v) is 10.2. The summed E-state index contributed by atoms with van der Waals surface area (Å²) < 4.78 is 104. The van der Waals surface area contributed by atoms with Crippen LogP contribution in [0.5, 0.6) is 0 Å². The Bertz CT molecular complexity index is 1000. The van der Waals surface area contributed by atoms with Crippen LogP contribution in [0.4, 0.5) is 36.8 Å². The number of thioether (sulfide) groups is 1. The predicted molar refractivity (Wildman–Crippen MR) is 98.6 cm³/mol. The molecule has 0 radical (unpaired) electrons. The predicted octanol–water partition coefficient (Wildman–Crippen LogP) is 5.30. The van der Waals surface area contributed by atoms with Crippen molar-refractivity contribution in [1.29, 1.82) is 0 Å². The maximum atomic E-state index is 12.9. The number of nitrogens with zero attached hydrogens (tertiary/aromatic N) is 1. The molecule has 0 heterocycles. The van der Waals surface area contributed by atoms with E-state index in [1.807, 2.05) is 4.72 Å². The summed E-state index contributed by atoms with van der Waals surface area (Å²) in [6, 6.07) is 5.28. The van der Waals surface area contributed by atoms with Crippen LogP contribution in [0.2, 0.25) is 0 Å². The second-order valence-corrected chi connectivity index (χ2v) is 8.84. The third-order valence-corrected chi connectivity index (χ3v) is 5.96. The van der Waals surface area contributed by atoms with Crippen molar-refractivity contribution in [2.24, 2.45) is 0 Å². The van der Waals surface area contributed by atoms with E-state index in [4.69, 9.17) is 0 Å². The molecule has 0 aliphatic heterocycles. The van der Waals surface area contributed by atoms with Crippen molar-refractivity contribution in [2.45, 2.75) is 22.1 Å². The first-order chi connectivity index (χ1) is 13.6. The lowest BCUT2D eigenvalue weighted by molar-refractivity contribution is -0.143. The molecule has 0 spiro atoms. The van der Waals surface area contributed by atoms with Crippen LogP contribution < -0.4 is 4.72 Å². The fraction of sp³-hybridized carbons (Fsp3) is 0.235. The van der Waals surface area contributed by atoms with Crippen LogP contribution in [0, 0.1) is 0 Å². The number of hydrogen-bond donors (Lipinski definition) is 1. The number of sulfonamides is 1. The van der Waals surface area contributed by atoms with Crippen LogP contribution in [0.15, 0.2) is 52.3 Å². The average molecular weight is 472 g/mol. The van der Waals surface area contributed by atoms with Crippen molar-refractivity contribution in [2.75, 3.05) is 18.8 Å². The fourth-order valence-corrected chi connectivity index (χ4v) is 3.86. The molecule has 5 nitrogen and oxygen atoms in total. The van der Waals surface area contributed by atoms with Crippen LogP contribution in [0.3, 0.4) is 0 Å². The van der Waals surface area contributed by atoms with Gasteiger partial charge in [-0.2, -0.15) is 26.3 Å². The summed E-state index contributed by atoms with van der Waals surface area (Å²) in [5, 5.41) is -0.299. The number of anilines is 1. The molecule has 0 fully saturated rings. The number of carbonyl (C=O) groups is 1. The van der Waals surface area contributed by atoms with E-state index in [1.54, 1.807) is 0 Å². The van der Waals surface area contributed by atoms with Gasteiger partial charge in [-0.3, -0.25) is 9.52 Å². The fourth-order valence-electron chi connectivity index (χ4n) is 2.08. The average Bonchev–Trinajstić information content (AvgIpc) is 2.61. The molecule has 0 aromatic heterocycles. The number of benzene rings is 2. The third-order valence-electron chi connectivity index (χ3n) is 3.55. The minimum atomic E-state index is -5.18. The normalized spacial score (nSPS) is 12.5. The number of carbonyl (C=O) groups excluding carboxylic acids is 1. The highest BCUT2D eigenvalue weighted by molar-refractivity contribution is 8.13. The van der Waals surface area contributed by atoms with E-state index in [-0.39, 0.29) is 29.1 Å². The highest BCUT2D eigenvalue weighted by atomic mass is 32.2. The number of halogens is 6. The maximum absolute atomic E-state index is 12.9. The topological polar surface area (TPSA) is 66.5 Å². The van der Waals surface area contributed by atoms with E-state index in [1.165, 1.54) is 43.3 Å². The summed E-state index contributed by atoms with van der Waals surface area (Å²) in [6.07, 6.45) is -10.4. The Morgan fingerprint density at radius 2 is 1.37 bits per heavy atom. The first kappa shape index (κ1) is 23.9. The molecule has 0 bridgehead atoms. The van der Waals surface area contributed by atoms with Gasteiger partial charge in [-0.05, 0) is 54.2 Å². The Morgan fingerprint density at radius 3 is 1.77 bits per heavy atom. The Balaban J connectivity index is 2.36. The van der Waals surface area contributed by atoms with E-state index in [0.29, 0.717) is 4.90 Å². The molecule has 1 amide bonds. The summed E-state index contributed by atoms with van der Waals surface area (Å²) in [6.45, 7) is 0. The zero-order valence-corrected chi connectivity index (χ0v) is 16.9. The van der Waals surface area contributed by atoms with Gasteiger partial charge in [0.25, 0.3) is 15.3 Å². The van der Waals surface area contributed by atoms with Crippen molar-refractivity contribution in [3.63, 3.8) is 0 Å². The number of rotatable bonds is 4. The lowest BCUT2D eigenvalue weighted by atomic mass is 10.1. The number of amides is 1. The minimum absolute atomic E-state index is 0.109. The minimum Gasteiger partial charge on any atom is -0.339 e. The van der Waals surface area contributed by atoms with Crippen LogP contribution in [0.1, 0.15) is 11.1 Å². The molecular weight excluding hydrogens is 458 g/mol. The monoisotopic (exact) mass is 472 g/mol. The second kappa shape index (κ2) is 8.38. The Labute approximate surface area is 172 Å². The van der Waals surface area contributed by atoms with Crippen molar-refractivity contribution in [1.82, 2.24) is 4.90 Å². The van der Waals surface area contributed by atoms with E-state index in [2.05, 4.69) is 0 Å². The van der Waals surface area contributed by atoms with E-state index in [9.17, 15) is 39.6 Å². The molecular formula is C17H14F6N2O3S2. The molecule has 2 aromatic rings. The molecule has 0 aliphatic rings. The molecule has 2 aromatic carbocycles. The molecule has 30 heavy (non-hydrogen) atoms. The van der Waals surface area contributed by atoms with Gasteiger partial charge >= 0.3 is 12.4 Å². The Morgan fingerprint density at radius 1 is 0.900 bits per heavy atom. The standard InChI is InChI=1S/C17H14F6N2O3S2/c1-25(2)15(26)29-13-5-3-12(4-6-13)24-30(27,28)14-8-10(16(18,19)20)7-11(9-14)17(21,22)23/h3-9,24H,1-2H3. The molecule has 13 heteroatoms. The van der Waals surface area contributed by atoms with Crippen LogP contribution >= 0.6 is 11.8 Å². The smallest absolute Gasteiger partial charge is 0.339 e. The molecule has 0 saturated heterocycles. The van der Waals surface area contributed by atoms with Crippen LogP contribution in [-0.2, 0) is 22.4 Å². The van der Waals surface area contributed by atoms with Gasteiger partial charge in [-0.1, -0.05) is 0 Å². The molecule has 0 aliphatic carbocycles. The summed E-state index contributed by atoms with van der Waals surface area (Å²) >= 11 is 0.844. The number of alkyl halides is 6. The van der Waals surface area contributed by atoms with Gasteiger partial charge in [-0.15, -0.1) is 0 Å². The van der Waals surface area contributed by atoms with Crippen LogP contribution in [-0.4, -0.2) is 32.7 Å². The lowest BCUT2D eigenvalue weighted by Gasteiger charge is -2.15. The third kappa shape index (κ3) is 6.05. The van der Waals surface area contributed by atoms with E-state index in [0.717, 1.165) is 11.8 Å². The summed E-state index contributed by atoms with van der Waals surface area (Å²) in [7, 11) is -1.70. The van der Waals surface area contributed by atoms with Crippen molar-refractivity contribution in [3.05, 3.63) is 53.6 Å². The van der Waals surface area contributed by atoms with Gasteiger partial charge in [0.15, 0.2) is 0 Å². The van der Waals surface area contributed by atoms with E-state index < -0.39 is 38.4 Å². The summed E-state index contributed by atoms with van der Waals surface area (Å²) in [4.78, 5) is 12.2. The molecule has 0 saturated carbocycles. The molecule has 0 unspecified atom stereocenters. The number of nitrogens with one attached hydrogen (secondary N) is 1. The zero-order valence-electron chi connectivity index (χ0n) is 15.3. The van der Waals surface area contributed by atoms with Crippen LogP contribution in [0.25, 0.3) is 0 Å². The molecule has 164 valence electrons. The van der Waals surface area contributed by atoms with Crippen molar-refractivity contribution >= 4 is 32.7 Å². The van der Waals surface area contributed by atoms with Crippen molar-refractivity contribution < 1.29 is 39.6 Å². The van der Waals surface area contributed by atoms with Crippen molar-refractivity contribution in [3.8, 4) is 0 Å². The molecule has 0 atom stereocenters. The lowest BCUT2D eigenvalue weighted by Crippen LogP contribution is -2.17. The Hall–Kier alpha value is -2.41. The Kier molecular flexibility index (Phi) is 6.66. The first-order valence-electron chi connectivity index (χ1n) is 7.91. The van der Waals surface area contributed by atoms with Gasteiger partial charge in [0.05, 0.1) is 16.0 Å². The summed E-state index contributed by atoms with van der Waals surface area (Å²) in [5.74, 6) is 0. The molecule has 2 rings (SSSR count). The van der Waals surface area contributed by atoms with Gasteiger partial charge in [0.2, 0.25) is 0 Å². The van der Waals surface area contributed by atoms with Gasteiger partial charge in [-0.25, -0.2) is 8.42 Å². The zero-order chi connectivity index (χ0) is 22.9. The highest BCUT2D eigenvalue weighted by Crippen LogP contribution is 2.37. The summed E-state index contributed by atoms with van der Waals surface area (Å²) in [5.41, 5.74) is -3.60. The second-order valence-electron chi connectivity index (χ2n) is 6.13. The highest BCUT2D eigenvalue weighted by Gasteiger charge is 2.38. The maximum Gasteiger partial charge on any atom is 0.416 e.